The first-order valence-electron chi connectivity index (χ1n) is 20.0. The van der Waals surface area contributed by atoms with Crippen molar-refractivity contribution >= 4 is 31.9 Å². The summed E-state index contributed by atoms with van der Waals surface area (Å²) in [4.78, 5) is 0. The zero-order chi connectivity index (χ0) is 38.6. The summed E-state index contributed by atoms with van der Waals surface area (Å²) in [6, 6.07) is 60.6. The Hall–Kier alpha value is -5.28. The maximum atomic E-state index is 3.75. The Kier molecular flexibility index (Phi) is 6.78. The van der Waals surface area contributed by atoms with Crippen LogP contribution < -0.4 is 0 Å². The third-order valence-corrected chi connectivity index (χ3v) is 15.0. The molecule has 0 aromatic heterocycles. The maximum Gasteiger partial charge on any atom is 0.0725 e. The van der Waals surface area contributed by atoms with Crippen LogP contribution in [-0.2, 0) is 16.2 Å². The van der Waals surface area contributed by atoms with Gasteiger partial charge in [-0.15, -0.1) is 0 Å². The van der Waals surface area contributed by atoms with Crippen LogP contribution in [-0.4, -0.2) is 0 Å². The molecule has 2 heteroatoms. The first-order valence-corrected chi connectivity index (χ1v) is 21.5. The predicted octanol–water partition coefficient (Wildman–Crippen LogP) is 15.5. The first-order chi connectivity index (χ1) is 27.6. The van der Waals surface area contributed by atoms with Crippen molar-refractivity contribution in [2.24, 2.45) is 0 Å². The monoisotopic (exact) mass is 856 g/mol. The van der Waals surface area contributed by atoms with Crippen LogP contribution >= 0.6 is 31.9 Å². The van der Waals surface area contributed by atoms with Crippen molar-refractivity contribution < 1.29 is 0 Å². The van der Waals surface area contributed by atoms with E-state index in [0.29, 0.717) is 0 Å². The molecule has 4 aliphatic rings. The van der Waals surface area contributed by atoms with Gasteiger partial charge in [0.25, 0.3) is 0 Å². The van der Waals surface area contributed by atoms with Crippen LogP contribution in [0.3, 0.4) is 0 Å². The van der Waals surface area contributed by atoms with Crippen molar-refractivity contribution in [2.45, 2.75) is 43.9 Å². The number of hydrogen-bond donors (Lipinski definition) is 0. The molecule has 0 nitrogen and oxygen atoms in total. The molecule has 0 radical (unpaired) electrons. The van der Waals surface area contributed by atoms with E-state index in [1.165, 1.54) is 111 Å². The minimum atomic E-state index is -0.444. The minimum absolute atomic E-state index is 0.0925. The fourth-order valence-corrected chi connectivity index (χ4v) is 12.0. The second-order valence-electron chi connectivity index (χ2n) is 17.5. The van der Waals surface area contributed by atoms with Gasteiger partial charge in [0.05, 0.1) is 5.41 Å². The van der Waals surface area contributed by atoms with Crippen LogP contribution in [0, 0.1) is 0 Å². The molecule has 272 valence electrons. The Morgan fingerprint density at radius 2 is 0.561 bits per heavy atom. The third-order valence-electron chi connectivity index (χ3n) is 14.0. The molecule has 8 aromatic carbocycles. The lowest BCUT2D eigenvalue weighted by Gasteiger charge is -2.31. The Labute approximate surface area is 351 Å². The summed E-state index contributed by atoms with van der Waals surface area (Å²) >= 11 is 7.49. The van der Waals surface area contributed by atoms with Gasteiger partial charge in [-0.3, -0.25) is 0 Å². The highest BCUT2D eigenvalue weighted by atomic mass is 79.9. The van der Waals surface area contributed by atoms with Crippen molar-refractivity contribution in [3.05, 3.63) is 211 Å². The quantitative estimate of drug-likeness (QED) is 0.162. The Morgan fingerprint density at radius 1 is 0.281 bits per heavy atom. The molecule has 0 amide bonds. The van der Waals surface area contributed by atoms with E-state index in [1.807, 2.05) is 0 Å². The predicted molar refractivity (Wildman–Crippen MR) is 244 cm³/mol. The van der Waals surface area contributed by atoms with E-state index in [0.717, 1.165) is 8.95 Å². The number of fused-ring (bicyclic) bond motifs is 16. The van der Waals surface area contributed by atoms with Gasteiger partial charge >= 0.3 is 0 Å². The molecule has 12 rings (SSSR count). The Morgan fingerprint density at radius 3 is 0.947 bits per heavy atom. The summed E-state index contributed by atoms with van der Waals surface area (Å²) in [7, 11) is 0. The molecule has 0 atom stereocenters. The van der Waals surface area contributed by atoms with Crippen LogP contribution in [0.2, 0.25) is 0 Å². The highest BCUT2D eigenvalue weighted by Gasteiger charge is 2.52. The van der Waals surface area contributed by atoms with E-state index in [1.54, 1.807) is 0 Å². The largest absolute Gasteiger partial charge is 0.0725 e. The van der Waals surface area contributed by atoms with E-state index in [-0.39, 0.29) is 10.8 Å². The lowest BCUT2D eigenvalue weighted by Crippen LogP contribution is -2.26. The van der Waals surface area contributed by atoms with Crippen LogP contribution in [0.1, 0.15) is 72.2 Å². The average Bonchev–Trinajstić information content (AvgIpc) is 3.85. The van der Waals surface area contributed by atoms with Crippen molar-refractivity contribution in [1.82, 2.24) is 0 Å². The molecule has 1 spiro atoms. The molecule has 57 heavy (non-hydrogen) atoms. The average molecular weight is 859 g/mol. The van der Waals surface area contributed by atoms with Crippen molar-refractivity contribution in [1.29, 1.82) is 0 Å². The Balaban J connectivity index is 1.06. The molecule has 4 aliphatic carbocycles. The molecule has 0 fully saturated rings. The summed E-state index contributed by atoms with van der Waals surface area (Å²) in [5.41, 5.74) is 26.1. The summed E-state index contributed by atoms with van der Waals surface area (Å²) in [5, 5.41) is 0. The van der Waals surface area contributed by atoms with Crippen molar-refractivity contribution in [2.75, 3.05) is 0 Å². The van der Waals surface area contributed by atoms with Crippen molar-refractivity contribution in [3.63, 3.8) is 0 Å². The van der Waals surface area contributed by atoms with Gasteiger partial charge in [0, 0.05) is 19.8 Å². The molecule has 0 aliphatic heterocycles. The van der Waals surface area contributed by atoms with Crippen LogP contribution in [0.5, 0.6) is 0 Å². The summed E-state index contributed by atoms with van der Waals surface area (Å²) in [6.45, 7) is 9.47. The normalized spacial score (nSPS) is 16.0. The molecule has 8 aromatic rings. The van der Waals surface area contributed by atoms with Gasteiger partial charge in [-0.1, -0.05) is 169 Å². The molecule has 0 bridgehead atoms. The minimum Gasteiger partial charge on any atom is -0.0619 e. The van der Waals surface area contributed by atoms with Gasteiger partial charge in [0.1, 0.15) is 0 Å². The second-order valence-corrected chi connectivity index (χ2v) is 19.3. The first kappa shape index (κ1) is 33.8. The fraction of sp³-hybridized carbons (Fsp3) is 0.127. The third kappa shape index (κ3) is 4.33. The highest BCUT2D eigenvalue weighted by Crippen LogP contribution is 2.64. The molecular weight excluding hydrogens is 820 g/mol. The molecule has 0 N–H and O–H groups in total. The van der Waals surface area contributed by atoms with Gasteiger partial charge < -0.3 is 0 Å². The van der Waals surface area contributed by atoms with Gasteiger partial charge in [-0.2, -0.15) is 0 Å². The number of benzene rings is 8. The second kappa shape index (κ2) is 11.4. The van der Waals surface area contributed by atoms with E-state index in [9.17, 15) is 0 Å². The standard InChI is InChI=1S/C55H38Br2/c1-53(2)47-25-31(13-19-39(47)41-23-17-35(56)29-49(41)53)33-15-21-43-37-9-5-7-11-45(37)55(51(43)27-33)46-12-8-6-10-38(46)44-22-16-34(28-52(44)55)32-14-20-40-42-24-18-36(57)30-50(42)54(3,4)48(40)26-32/h5-30H,1-4H3. The summed E-state index contributed by atoms with van der Waals surface area (Å²) in [6.07, 6.45) is 0. The van der Waals surface area contributed by atoms with Crippen LogP contribution in [0.25, 0.3) is 66.8 Å². The number of halogens is 2. The van der Waals surface area contributed by atoms with E-state index in [4.69, 9.17) is 0 Å². The van der Waals surface area contributed by atoms with Crippen LogP contribution in [0.4, 0.5) is 0 Å². The molecule has 0 heterocycles. The van der Waals surface area contributed by atoms with E-state index in [2.05, 4.69) is 217 Å². The maximum absolute atomic E-state index is 3.75. The van der Waals surface area contributed by atoms with Gasteiger partial charge in [0.15, 0.2) is 0 Å². The van der Waals surface area contributed by atoms with Gasteiger partial charge in [0.2, 0.25) is 0 Å². The van der Waals surface area contributed by atoms with E-state index >= 15 is 0 Å². The van der Waals surface area contributed by atoms with Crippen molar-refractivity contribution in [3.8, 4) is 66.8 Å². The molecule has 0 saturated heterocycles. The molecular formula is C55H38Br2. The zero-order valence-electron chi connectivity index (χ0n) is 32.3. The smallest absolute Gasteiger partial charge is 0.0619 e. The number of hydrogen-bond acceptors (Lipinski definition) is 0. The lowest BCUT2D eigenvalue weighted by molar-refractivity contribution is 0.660. The fourth-order valence-electron chi connectivity index (χ4n) is 11.3. The highest BCUT2D eigenvalue weighted by molar-refractivity contribution is 9.10. The summed E-state index contributed by atoms with van der Waals surface area (Å²) in [5.74, 6) is 0. The topological polar surface area (TPSA) is 0 Å². The van der Waals surface area contributed by atoms with Gasteiger partial charge in [-0.25, -0.2) is 0 Å². The van der Waals surface area contributed by atoms with E-state index < -0.39 is 5.41 Å². The summed E-state index contributed by atoms with van der Waals surface area (Å²) < 4.78 is 2.26. The molecule has 0 saturated carbocycles. The Bertz CT molecular complexity index is 2890. The number of rotatable bonds is 2. The SMILES string of the molecule is CC1(C)c2cc(Br)ccc2-c2ccc(-c3ccc4c(c3)C3(c5ccccc5-4)c4ccccc4-c4ccc(-c5ccc6c(c5)C(C)(C)c5cc(Br)ccc5-6)cc43)cc21. The van der Waals surface area contributed by atoms with Crippen LogP contribution in [0.15, 0.2) is 167 Å². The zero-order valence-corrected chi connectivity index (χ0v) is 35.4. The molecule has 0 unspecified atom stereocenters. The van der Waals surface area contributed by atoms with Gasteiger partial charge in [-0.05, 0) is 160 Å². The lowest BCUT2D eigenvalue weighted by atomic mass is 9.70.